The largest absolute Gasteiger partial charge is 0.746 e. The third-order valence-electron chi connectivity index (χ3n) is 1.92. The first-order chi connectivity index (χ1) is 7.78. The van der Waals surface area contributed by atoms with Crippen LogP contribution in [0.1, 0.15) is 5.56 Å². The summed E-state index contributed by atoms with van der Waals surface area (Å²) in [5.41, 5.74) is 5.94. The second kappa shape index (κ2) is 5.29. The lowest BCUT2D eigenvalue weighted by Crippen LogP contribution is -2.32. The van der Waals surface area contributed by atoms with Gasteiger partial charge in [-0.2, -0.15) is 0 Å². The van der Waals surface area contributed by atoms with Gasteiger partial charge in [0.25, 0.3) is 0 Å². The maximum absolute atomic E-state index is 10.5. The number of phosphoric acid groups is 1. The van der Waals surface area contributed by atoms with Crippen LogP contribution in [0.4, 0.5) is 0 Å². The predicted molar refractivity (Wildman–Crippen MR) is 56.2 cm³/mol. The highest BCUT2D eigenvalue weighted by Crippen LogP contribution is 2.32. The van der Waals surface area contributed by atoms with Gasteiger partial charge in [0, 0.05) is 0 Å². The van der Waals surface area contributed by atoms with Crippen LogP contribution in [-0.4, -0.2) is 22.0 Å². The molecule has 0 fully saturated rings. The minimum atomic E-state index is -4.81. The zero-order valence-corrected chi connectivity index (χ0v) is 9.54. The number of rotatable bonds is 5. The summed E-state index contributed by atoms with van der Waals surface area (Å²) in [7, 11) is -4.81. The van der Waals surface area contributed by atoms with Crippen molar-refractivity contribution in [3.8, 4) is 5.75 Å². The quantitative estimate of drug-likeness (QED) is 0.606. The molecule has 0 aromatic heterocycles. The summed E-state index contributed by atoms with van der Waals surface area (Å²) >= 11 is 0. The molecule has 0 saturated heterocycles. The minimum Gasteiger partial charge on any atom is -0.746 e. The Morgan fingerprint density at radius 1 is 1.47 bits per heavy atom. The molecule has 0 aliphatic heterocycles. The molecular formula is C9H11NO6P-. The fourth-order valence-electron chi connectivity index (χ4n) is 1.16. The van der Waals surface area contributed by atoms with E-state index in [-0.39, 0.29) is 12.2 Å². The van der Waals surface area contributed by atoms with E-state index in [0.29, 0.717) is 5.56 Å². The van der Waals surface area contributed by atoms with Crippen molar-refractivity contribution in [2.75, 3.05) is 0 Å². The summed E-state index contributed by atoms with van der Waals surface area (Å²) in [4.78, 5) is 29.4. The lowest BCUT2D eigenvalue weighted by atomic mass is 10.1. The molecule has 2 atom stereocenters. The van der Waals surface area contributed by atoms with E-state index >= 15 is 0 Å². The van der Waals surface area contributed by atoms with Crippen LogP contribution in [0.3, 0.4) is 0 Å². The number of hydrogen-bond donors (Lipinski definition) is 3. The highest BCUT2D eigenvalue weighted by Gasteiger charge is 2.12. The molecule has 0 amide bonds. The van der Waals surface area contributed by atoms with Gasteiger partial charge in [0.05, 0.1) is 0 Å². The van der Waals surface area contributed by atoms with Crippen molar-refractivity contribution < 1.29 is 28.8 Å². The zero-order chi connectivity index (χ0) is 13.1. The monoisotopic (exact) mass is 260 g/mol. The molecule has 1 unspecified atom stereocenters. The normalized spacial score (nSPS) is 15.9. The average Bonchev–Trinajstić information content (AvgIpc) is 2.18. The van der Waals surface area contributed by atoms with Crippen LogP contribution in [-0.2, 0) is 15.8 Å². The molecule has 0 aliphatic rings. The summed E-state index contributed by atoms with van der Waals surface area (Å²) in [6, 6.07) is 4.50. The highest BCUT2D eigenvalue weighted by molar-refractivity contribution is 7.45. The Hall–Kier alpha value is -1.40. The maximum atomic E-state index is 10.5. The van der Waals surface area contributed by atoms with Gasteiger partial charge in [-0.1, -0.05) is 12.1 Å². The van der Waals surface area contributed by atoms with Crippen molar-refractivity contribution in [3.05, 3.63) is 29.8 Å². The molecule has 4 N–H and O–H groups in total. The zero-order valence-electron chi connectivity index (χ0n) is 8.65. The van der Waals surface area contributed by atoms with Crippen molar-refractivity contribution in [1.82, 2.24) is 0 Å². The van der Waals surface area contributed by atoms with E-state index in [1.165, 1.54) is 24.3 Å². The number of nitrogens with two attached hydrogens (primary N) is 1. The fourth-order valence-corrected chi connectivity index (χ4v) is 1.55. The molecule has 0 bridgehead atoms. The van der Waals surface area contributed by atoms with E-state index in [2.05, 4.69) is 4.52 Å². The number of phosphoric ester groups is 1. The van der Waals surface area contributed by atoms with Crippen molar-refractivity contribution >= 4 is 13.8 Å². The first-order valence-electron chi connectivity index (χ1n) is 4.58. The van der Waals surface area contributed by atoms with Crippen molar-refractivity contribution in [2.24, 2.45) is 5.73 Å². The second-order valence-corrected chi connectivity index (χ2v) is 4.47. The lowest BCUT2D eigenvalue weighted by molar-refractivity contribution is -0.211. The van der Waals surface area contributed by atoms with Gasteiger partial charge in [-0.15, -0.1) is 0 Å². The minimum absolute atomic E-state index is 0.0570. The van der Waals surface area contributed by atoms with Gasteiger partial charge in [0.1, 0.15) is 11.8 Å². The molecule has 17 heavy (non-hydrogen) atoms. The molecular weight excluding hydrogens is 249 g/mol. The summed E-state index contributed by atoms with van der Waals surface area (Å²) in [6.07, 6.45) is 0.115. The molecule has 1 aromatic rings. The first-order valence-corrected chi connectivity index (χ1v) is 6.08. The standard InChI is InChI=1S/C9H12NO6P/c10-8(9(11)12)5-6-1-3-7(4-2-6)16-17(13,14)15/h1-4,8H,5,10H2,(H,11,12)(H2,13,14,15)/p-1/t8-/m0/s1. The summed E-state index contributed by atoms with van der Waals surface area (Å²) < 4.78 is 14.6. The van der Waals surface area contributed by atoms with E-state index in [0.717, 1.165) is 0 Å². The molecule has 0 heterocycles. The molecule has 94 valence electrons. The summed E-state index contributed by atoms with van der Waals surface area (Å²) in [5, 5.41) is 8.59. The van der Waals surface area contributed by atoms with Crippen molar-refractivity contribution in [2.45, 2.75) is 12.5 Å². The van der Waals surface area contributed by atoms with Gasteiger partial charge >= 0.3 is 13.8 Å². The van der Waals surface area contributed by atoms with Gasteiger partial charge in [0.15, 0.2) is 0 Å². The lowest BCUT2D eigenvalue weighted by Gasteiger charge is -2.16. The molecule has 0 spiro atoms. The molecule has 1 aromatic carbocycles. The van der Waals surface area contributed by atoms with Gasteiger partial charge in [-0.05, 0) is 24.1 Å². The smallest absolute Gasteiger partial charge is 0.320 e. The summed E-state index contributed by atoms with van der Waals surface area (Å²) in [5.74, 6) is -1.18. The van der Waals surface area contributed by atoms with Crippen LogP contribution in [0.2, 0.25) is 0 Å². The van der Waals surface area contributed by atoms with Gasteiger partial charge in [-0.25, -0.2) is 0 Å². The van der Waals surface area contributed by atoms with Crippen LogP contribution in [0.15, 0.2) is 24.3 Å². The molecule has 7 nitrogen and oxygen atoms in total. The SMILES string of the molecule is N[C@@H](Cc1ccc(OP(=O)([O-])O)cc1)C(=O)O. The number of benzene rings is 1. The Bertz CT molecular complexity index is 439. The van der Waals surface area contributed by atoms with Crippen LogP contribution >= 0.6 is 7.82 Å². The number of carboxylic acids is 1. The predicted octanol–water partition coefficient (Wildman–Crippen LogP) is -0.520. The number of aliphatic carboxylic acids is 1. The number of carbonyl (C=O) groups is 1. The molecule has 8 heteroatoms. The van der Waals surface area contributed by atoms with E-state index in [1.807, 2.05) is 0 Å². The van der Waals surface area contributed by atoms with Crippen LogP contribution in [0.25, 0.3) is 0 Å². The van der Waals surface area contributed by atoms with E-state index in [4.69, 9.17) is 15.7 Å². The van der Waals surface area contributed by atoms with Crippen LogP contribution < -0.4 is 15.2 Å². The van der Waals surface area contributed by atoms with Crippen molar-refractivity contribution in [3.63, 3.8) is 0 Å². The Morgan fingerprint density at radius 3 is 2.41 bits per heavy atom. The topological polar surface area (TPSA) is 133 Å². The third-order valence-corrected chi connectivity index (χ3v) is 2.36. The Kier molecular flexibility index (Phi) is 4.25. The molecule has 0 saturated carbocycles. The average molecular weight is 260 g/mol. The van der Waals surface area contributed by atoms with Crippen LogP contribution in [0.5, 0.6) is 5.75 Å². The van der Waals surface area contributed by atoms with E-state index in [9.17, 15) is 14.3 Å². The van der Waals surface area contributed by atoms with Gasteiger partial charge < -0.3 is 25.2 Å². The van der Waals surface area contributed by atoms with E-state index < -0.39 is 19.8 Å². The second-order valence-electron chi connectivity index (χ2n) is 3.35. The first kappa shape index (κ1) is 13.7. The Labute approximate surface area is 97.1 Å². The van der Waals surface area contributed by atoms with Gasteiger partial charge in [-0.3, -0.25) is 9.36 Å². The van der Waals surface area contributed by atoms with E-state index in [1.54, 1.807) is 0 Å². The maximum Gasteiger partial charge on any atom is 0.320 e. The highest BCUT2D eigenvalue weighted by atomic mass is 31.2. The Balaban J connectivity index is 2.68. The molecule has 1 rings (SSSR count). The van der Waals surface area contributed by atoms with Crippen molar-refractivity contribution in [1.29, 1.82) is 0 Å². The number of hydrogen-bond acceptors (Lipinski definition) is 5. The van der Waals surface area contributed by atoms with Gasteiger partial charge in [0.2, 0.25) is 0 Å². The molecule has 0 aliphatic carbocycles. The van der Waals surface area contributed by atoms with Crippen LogP contribution in [0, 0.1) is 0 Å². The summed E-state index contributed by atoms with van der Waals surface area (Å²) in [6.45, 7) is 0. The third kappa shape index (κ3) is 4.97. The fraction of sp³-hybridized carbons (Fsp3) is 0.222. The number of carboxylic acid groups (broad SMARTS) is 1. The Morgan fingerprint density at radius 2 is 2.00 bits per heavy atom. The molecule has 0 radical (unpaired) electrons.